The highest BCUT2D eigenvalue weighted by molar-refractivity contribution is 9.10. The lowest BCUT2D eigenvalue weighted by atomic mass is 9.93. The van der Waals surface area contributed by atoms with Crippen LogP contribution in [-0.4, -0.2) is 29.6 Å². The van der Waals surface area contributed by atoms with Gasteiger partial charge in [-0.05, 0) is 31.9 Å². The molecule has 1 aromatic rings. The SMILES string of the molecule is CCC1(C)CN(Cc2ccccc2Br)C(C)CN1. The van der Waals surface area contributed by atoms with Crippen molar-refractivity contribution in [3.05, 3.63) is 34.3 Å². The van der Waals surface area contributed by atoms with Gasteiger partial charge in [0.15, 0.2) is 0 Å². The normalized spacial score (nSPS) is 29.4. The van der Waals surface area contributed by atoms with Gasteiger partial charge in [-0.1, -0.05) is 41.1 Å². The molecule has 1 saturated heterocycles. The van der Waals surface area contributed by atoms with Crippen LogP contribution in [0.2, 0.25) is 0 Å². The van der Waals surface area contributed by atoms with Crippen molar-refractivity contribution in [3.63, 3.8) is 0 Å². The van der Waals surface area contributed by atoms with Crippen molar-refractivity contribution in [2.24, 2.45) is 0 Å². The first-order chi connectivity index (χ1) is 8.54. The summed E-state index contributed by atoms with van der Waals surface area (Å²) in [5, 5.41) is 3.67. The fraction of sp³-hybridized carbons (Fsp3) is 0.600. The molecule has 0 amide bonds. The largest absolute Gasteiger partial charge is 0.309 e. The summed E-state index contributed by atoms with van der Waals surface area (Å²) in [4.78, 5) is 2.58. The van der Waals surface area contributed by atoms with Crippen LogP contribution in [0.15, 0.2) is 28.7 Å². The smallest absolute Gasteiger partial charge is 0.0278 e. The van der Waals surface area contributed by atoms with E-state index in [9.17, 15) is 0 Å². The third-order valence-corrected chi connectivity index (χ3v) is 4.88. The summed E-state index contributed by atoms with van der Waals surface area (Å²) in [6, 6.07) is 9.12. The summed E-state index contributed by atoms with van der Waals surface area (Å²) in [7, 11) is 0. The van der Waals surface area contributed by atoms with Crippen molar-refractivity contribution in [1.82, 2.24) is 10.2 Å². The van der Waals surface area contributed by atoms with Crippen LogP contribution in [0.1, 0.15) is 32.8 Å². The number of benzene rings is 1. The Hall–Kier alpha value is -0.380. The predicted octanol–water partition coefficient (Wildman–Crippen LogP) is 3.41. The Morgan fingerprint density at radius 3 is 2.83 bits per heavy atom. The fourth-order valence-electron chi connectivity index (χ4n) is 2.48. The van der Waals surface area contributed by atoms with E-state index in [0.717, 1.165) is 19.6 Å². The number of halogens is 1. The van der Waals surface area contributed by atoms with Crippen LogP contribution >= 0.6 is 15.9 Å². The first-order valence-corrected chi connectivity index (χ1v) is 7.56. The van der Waals surface area contributed by atoms with Crippen molar-refractivity contribution in [2.75, 3.05) is 13.1 Å². The zero-order chi connectivity index (χ0) is 13.2. The highest BCUT2D eigenvalue weighted by Gasteiger charge is 2.32. The van der Waals surface area contributed by atoms with Crippen molar-refractivity contribution in [2.45, 2.75) is 45.3 Å². The molecule has 1 aliphatic rings. The van der Waals surface area contributed by atoms with Crippen LogP contribution in [0.3, 0.4) is 0 Å². The number of nitrogens with one attached hydrogen (secondary N) is 1. The molecule has 1 aliphatic heterocycles. The minimum absolute atomic E-state index is 0.258. The molecule has 2 rings (SSSR count). The molecule has 3 heteroatoms. The average Bonchev–Trinajstić information content (AvgIpc) is 2.37. The highest BCUT2D eigenvalue weighted by Crippen LogP contribution is 2.23. The lowest BCUT2D eigenvalue weighted by Gasteiger charge is -2.45. The molecular weight excluding hydrogens is 288 g/mol. The van der Waals surface area contributed by atoms with Crippen LogP contribution < -0.4 is 5.32 Å². The fourth-order valence-corrected chi connectivity index (χ4v) is 2.89. The van der Waals surface area contributed by atoms with E-state index in [1.165, 1.54) is 16.5 Å². The van der Waals surface area contributed by atoms with Gasteiger partial charge in [0, 0.05) is 35.7 Å². The highest BCUT2D eigenvalue weighted by atomic mass is 79.9. The molecule has 0 spiro atoms. The second kappa shape index (κ2) is 5.72. The van der Waals surface area contributed by atoms with Crippen LogP contribution in [0, 0.1) is 0 Å². The molecule has 0 aliphatic carbocycles. The molecule has 2 atom stereocenters. The minimum Gasteiger partial charge on any atom is -0.309 e. The minimum atomic E-state index is 0.258. The van der Waals surface area contributed by atoms with Crippen LogP contribution in [-0.2, 0) is 6.54 Å². The molecule has 0 bridgehead atoms. The Balaban J connectivity index is 2.10. The van der Waals surface area contributed by atoms with E-state index in [-0.39, 0.29) is 5.54 Å². The molecule has 100 valence electrons. The summed E-state index contributed by atoms with van der Waals surface area (Å²) >= 11 is 3.65. The monoisotopic (exact) mass is 310 g/mol. The van der Waals surface area contributed by atoms with Gasteiger partial charge in [-0.2, -0.15) is 0 Å². The topological polar surface area (TPSA) is 15.3 Å². The number of rotatable bonds is 3. The summed E-state index contributed by atoms with van der Waals surface area (Å²) < 4.78 is 1.22. The zero-order valence-corrected chi connectivity index (χ0v) is 13.1. The standard InChI is InChI=1S/C15H23BrN2/c1-4-15(3)11-18(12(2)9-17-15)10-13-7-5-6-8-14(13)16/h5-8,12,17H,4,9-11H2,1-3H3. The molecule has 1 fully saturated rings. The maximum atomic E-state index is 3.67. The Morgan fingerprint density at radius 2 is 2.17 bits per heavy atom. The molecule has 0 saturated carbocycles. The Labute approximate surface area is 119 Å². The van der Waals surface area contributed by atoms with Crippen molar-refractivity contribution < 1.29 is 0 Å². The maximum Gasteiger partial charge on any atom is 0.0278 e. The summed E-state index contributed by atoms with van der Waals surface area (Å²) in [5.74, 6) is 0. The van der Waals surface area contributed by atoms with E-state index < -0.39 is 0 Å². The second-order valence-electron chi connectivity index (χ2n) is 5.64. The van der Waals surface area contributed by atoms with Gasteiger partial charge in [0.05, 0.1) is 0 Å². The van der Waals surface area contributed by atoms with Crippen LogP contribution in [0.5, 0.6) is 0 Å². The number of hydrogen-bond donors (Lipinski definition) is 1. The van der Waals surface area contributed by atoms with Crippen LogP contribution in [0.25, 0.3) is 0 Å². The molecule has 1 heterocycles. The third-order valence-electron chi connectivity index (χ3n) is 4.11. The molecule has 2 nitrogen and oxygen atoms in total. The molecule has 0 radical (unpaired) electrons. The van der Waals surface area contributed by atoms with Gasteiger partial charge >= 0.3 is 0 Å². The molecule has 2 unspecified atom stereocenters. The average molecular weight is 311 g/mol. The number of piperazine rings is 1. The van der Waals surface area contributed by atoms with Crippen molar-refractivity contribution in [3.8, 4) is 0 Å². The van der Waals surface area contributed by atoms with E-state index in [0.29, 0.717) is 6.04 Å². The van der Waals surface area contributed by atoms with Gasteiger partial charge in [0.2, 0.25) is 0 Å². The van der Waals surface area contributed by atoms with E-state index in [4.69, 9.17) is 0 Å². The van der Waals surface area contributed by atoms with Gasteiger partial charge in [0.25, 0.3) is 0 Å². The maximum absolute atomic E-state index is 3.67. The van der Waals surface area contributed by atoms with E-state index >= 15 is 0 Å². The lowest BCUT2D eigenvalue weighted by Crippen LogP contribution is -2.61. The first-order valence-electron chi connectivity index (χ1n) is 6.76. The molecule has 1 N–H and O–H groups in total. The van der Waals surface area contributed by atoms with Gasteiger partial charge in [0.1, 0.15) is 0 Å². The number of nitrogens with zero attached hydrogens (tertiary/aromatic N) is 1. The van der Waals surface area contributed by atoms with Gasteiger partial charge in [-0.3, -0.25) is 4.90 Å². The van der Waals surface area contributed by atoms with Crippen molar-refractivity contribution in [1.29, 1.82) is 0 Å². The summed E-state index contributed by atoms with van der Waals surface area (Å²) in [6.45, 7) is 10.1. The molecular formula is C15H23BrN2. The molecule has 1 aromatic carbocycles. The third kappa shape index (κ3) is 3.14. The molecule has 0 aromatic heterocycles. The van der Waals surface area contributed by atoms with Gasteiger partial charge in [-0.25, -0.2) is 0 Å². The van der Waals surface area contributed by atoms with Gasteiger partial charge < -0.3 is 5.32 Å². The van der Waals surface area contributed by atoms with Crippen LogP contribution in [0.4, 0.5) is 0 Å². The Kier molecular flexibility index (Phi) is 4.46. The number of hydrogen-bond acceptors (Lipinski definition) is 2. The predicted molar refractivity (Wildman–Crippen MR) is 80.7 cm³/mol. The summed E-state index contributed by atoms with van der Waals surface area (Å²) in [6.07, 6.45) is 1.17. The quantitative estimate of drug-likeness (QED) is 0.920. The van der Waals surface area contributed by atoms with E-state index in [1.807, 2.05) is 0 Å². The molecule has 18 heavy (non-hydrogen) atoms. The lowest BCUT2D eigenvalue weighted by molar-refractivity contribution is 0.0864. The Bertz CT molecular complexity index is 407. The van der Waals surface area contributed by atoms with Crippen molar-refractivity contribution >= 4 is 15.9 Å². The second-order valence-corrected chi connectivity index (χ2v) is 6.49. The Morgan fingerprint density at radius 1 is 1.44 bits per heavy atom. The van der Waals surface area contributed by atoms with E-state index in [1.54, 1.807) is 0 Å². The zero-order valence-electron chi connectivity index (χ0n) is 11.5. The first kappa shape index (κ1) is 14.0. The van der Waals surface area contributed by atoms with E-state index in [2.05, 4.69) is 71.2 Å². The van der Waals surface area contributed by atoms with Gasteiger partial charge in [-0.15, -0.1) is 0 Å². The summed E-state index contributed by atoms with van der Waals surface area (Å²) in [5.41, 5.74) is 1.64.